The summed E-state index contributed by atoms with van der Waals surface area (Å²) in [6, 6.07) is 12.6. The summed E-state index contributed by atoms with van der Waals surface area (Å²) in [4.78, 5) is 24.4. The van der Waals surface area contributed by atoms with E-state index in [1.165, 1.54) is 27.0 Å². The average Bonchev–Trinajstić information content (AvgIpc) is 2.72. The van der Waals surface area contributed by atoms with E-state index in [4.69, 9.17) is 0 Å². The van der Waals surface area contributed by atoms with Gasteiger partial charge in [-0.2, -0.15) is 0 Å². The Kier molecular flexibility index (Phi) is 3.50. The van der Waals surface area contributed by atoms with Crippen LogP contribution >= 0.6 is 11.8 Å². The first-order valence-corrected chi connectivity index (χ1v) is 7.37. The molecule has 0 aliphatic heterocycles. The van der Waals surface area contributed by atoms with Gasteiger partial charge in [0.05, 0.1) is 20.9 Å². The van der Waals surface area contributed by atoms with Crippen LogP contribution in [-0.2, 0) is 14.1 Å². The first kappa shape index (κ1) is 14.4. The lowest BCUT2D eigenvalue weighted by atomic mass is 10.2. The maximum atomic E-state index is 12.0. The maximum absolute atomic E-state index is 12.0. The number of nitrogens with zero attached hydrogens (tertiary/aromatic N) is 3. The minimum atomic E-state index is -0.414. The van der Waals surface area contributed by atoms with Crippen LogP contribution in [0.5, 0.6) is 0 Å². The molecule has 6 nitrogen and oxygen atoms in total. The van der Waals surface area contributed by atoms with Crippen molar-refractivity contribution >= 4 is 28.5 Å². The molecule has 112 valence electrons. The maximum Gasteiger partial charge on any atom is 0.328 e. The molecule has 0 amide bonds. The summed E-state index contributed by atoms with van der Waals surface area (Å²) in [5.41, 5.74) is 1.03. The Morgan fingerprint density at radius 2 is 1.64 bits per heavy atom. The number of aromatic nitrogens is 2. The van der Waals surface area contributed by atoms with E-state index in [1.54, 1.807) is 20.2 Å². The molecule has 0 unspecified atom stereocenters. The Morgan fingerprint density at radius 1 is 1.05 bits per heavy atom. The van der Waals surface area contributed by atoms with Crippen LogP contribution in [0, 0.1) is 10.1 Å². The highest BCUT2D eigenvalue weighted by Gasteiger charge is 2.20. The van der Waals surface area contributed by atoms with E-state index in [9.17, 15) is 14.9 Å². The van der Waals surface area contributed by atoms with Crippen LogP contribution in [0.15, 0.2) is 57.1 Å². The zero-order valence-electron chi connectivity index (χ0n) is 12.0. The Labute approximate surface area is 130 Å². The van der Waals surface area contributed by atoms with Crippen molar-refractivity contribution in [1.29, 1.82) is 0 Å². The SMILES string of the molecule is Cn1c(=O)n(C)c2cc([N+](=O)[O-])c(Sc3ccccc3)cc21. The van der Waals surface area contributed by atoms with Gasteiger partial charge in [0.15, 0.2) is 0 Å². The average molecular weight is 315 g/mol. The van der Waals surface area contributed by atoms with Crippen molar-refractivity contribution in [1.82, 2.24) is 9.13 Å². The van der Waals surface area contributed by atoms with Gasteiger partial charge in [0.25, 0.3) is 5.69 Å². The number of nitro groups is 1. The second-order valence-corrected chi connectivity index (χ2v) is 6.00. The zero-order chi connectivity index (χ0) is 15.9. The topological polar surface area (TPSA) is 70.1 Å². The van der Waals surface area contributed by atoms with Crippen LogP contribution in [0.2, 0.25) is 0 Å². The molecular weight excluding hydrogens is 302 g/mol. The third kappa shape index (κ3) is 2.29. The predicted octanol–water partition coefficient (Wildman–Crippen LogP) is 2.94. The number of benzene rings is 2. The van der Waals surface area contributed by atoms with Crippen molar-refractivity contribution in [3.63, 3.8) is 0 Å². The number of rotatable bonds is 3. The van der Waals surface area contributed by atoms with Gasteiger partial charge in [-0.1, -0.05) is 30.0 Å². The highest BCUT2D eigenvalue weighted by atomic mass is 32.2. The molecule has 0 saturated carbocycles. The first-order chi connectivity index (χ1) is 10.5. The molecular formula is C15H13N3O3S. The summed E-state index contributed by atoms with van der Waals surface area (Å²) in [5.74, 6) is 0. The number of aryl methyl sites for hydroxylation is 2. The van der Waals surface area contributed by atoms with Crippen LogP contribution < -0.4 is 5.69 Å². The van der Waals surface area contributed by atoms with Crippen molar-refractivity contribution in [3.8, 4) is 0 Å². The van der Waals surface area contributed by atoms with Crippen molar-refractivity contribution in [2.45, 2.75) is 9.79 Å². The Balaban J connectivity index is 2.24. The fourth-order valence-electron chi connectivity index (χ4n) is 2.35. The standard InChI is InChI=1S/C15H13N3O3S/c1-16-11-8-13(18(20)21)14(9-12(11)17(2)15(16)19)22-10-6-4-3-5-7-10/h3-9H,1-2H3. The first-order valence-electron chi connectivity index (χ1n) is 6.56. The predicted molar refractivity (Wildman–Crippen MR) is 85.4 cm³/mol. The van der Waals surface area contributed by atoms with E-state index in [1.807, 2.05) is 30.3 Å². The minimum absolute atomic E-state index is 0.00236. The van der Waals surface area contributed by atoms with Gasteiger partial charge in [-0.3, -0.25) is 19.2 Å². The molecule has 0 saturated heterocycles. The third-order valence-electron chi connectivity index (χ3n) is 3.52. The summed E-state index contributed by atoms with van der Waals surface area (Å²) in [7, 11) is 3.27. The lowest BCUT2D eigenvalue weighted by molar-refractivity contribution is -0.387. The van der Waals surface area contributed by atoms with Crippen LogP contribution in [0.25, 0.3) is 11.0 Å². The second kappa shape index (κ2) is 5.34. The van der Waals surface area contributed by atoms with Gasteiger partial charge >= 0.3 is 5.69 Å². The fraction of sp³-hybridized carbons (Fsp3) is 0.133. The molecule has 3 aromatic rings. The van der Waals surface area contributed by atoms with Crippen LogP contribution in [0.3, 0.4) is 0 Å². The van der Waals surface area contributed by atoms with Crippen molar-refractivity contribution in [2.75, 3.05) is 0 Å². The molecule has 1 heterocycles. The molecule has 0 atom stereocenters. The molecule has 0 N–H and O–H groups in total. The minimum Gasteiger partial charge on any atom is -0.295 e. The zero-order valence-corrected chi connectivity index (χ0v) is 12.8. The molecule has 3 rings (SSSR count). The van der Waals surface area contributed by atoms with E-state index in [2.05, 4.69) is 0 Å². The van der Waals surface area contributed by atoms with E-state index in [-0.39, 0.29) is 11.4 Å². The number of hydrogen-bond donors (Lipinski definition) is 0. The molecule has 2 aromatic carbocycles. The van der Waals surface area contributed by atoms with E-state index in [0.29, 0.717) is 15.9 Å². The second-order valence-electron chi connectivity index (χ2n) is 4.88. The lowest BCUT2D eigenvalue weighted by Crippen LogP contribution is -2.19. The molecule has 0 radical (unpaired) electrons. The highest BCUT2D eigenvalue weighted by Crippen LogP contribution is 2.37. The number of imidazole rings is 1. The van der Waals surface area contributed by atoms with E-state index >= 15 is 0 Å². The van der Waals surface area contributed by atoms with Crippen LogP contribution in [-0.4, -0.2) is 14.1 Å². The number of hydrogen-bond acceptors (Lipinski definition) is 4. The summed E-state index contributed by atoms with van der Waals surface area (Å²) in [5, 5.41) is 11.4. The van der Waals surface area contributed by atoms with Gasteiger partial charge in [0.2, 0.25) is 0 Å². The van der Waals surface area contributed by atoms with Gasteiger partial charge in [-0.25, -0.2) is 4.79 Å². The normalized spacial score (nSPS) is 11.0. The summed E-state index contributed by atoms with van der Waals surface area (Å²) < 4.78 is 2.91. The fourth-order valence-corrected chi connectivity index (χ4v) is 3.31. The molecule has 0 bridgehead atoms. The van der Waals surface area contributed by atoms with Crippen molar-refractivity contribution in [2.24, 2.45) is 14.1 Å². The summed E-state index contributed by atoms with van der Waals surface area (Å²) >= 11 is 1.31. The third-order valence-corrected chi connectivity index (χ3v) is 4.58. The smallest absolute Gasteiger partial charge is 0.295 e. The van der Waals surface area contributed by atoms with Gasteiger partial charge in [0, 0.05) is 25.1 Å². The molecule has 0 aliphatic rings. The van der Waals surface area contributed by atoms with Gasteiger partial charge in [-0.05, 0) is 18.2 Å². The van der Waals surface area contributed by atoms with Crippen LogP contribution in [0.1, 0.15) is 0 Å². The van der Waals surface area contributed by atoms with E-state index in [0.717, 1.165) is 4.90 Å². The quantitative estimate of drug-likeness (QED) is 0.550. The largest absolute Gasteiger partial charge is 0.328 e. The molecule has 22 heavy (non-hydrogen) atoms. The van der Waals surface area contributed by atoms with Gasteiger partial charge < -0.3 is 0 Å². The number of fused-ring (bicyclic) bond motifs is 1. The van der Waals surface area contributed by atoms with Crippen molar-refractivity contribution < 1.29 is 4.92 Å². The lowest BCUT2D eigenvalue weighted by Gasteiger charge is -2.04. The Bertz CT molecular complexity index is 929. The molecule has 0 fully saturated rings. The number of nitro benzene ring substituents is 1. The molecule has 0 spiro atoms. The van der Waals surface area contributed by atoms with E-state index < -0.39 is 4.92 Å². The molecule has 7 heteroatoms. The van der Waals surface area contributed by atoms with Crippen LogP contribution in [0.4, 0.5) is 5.69 Å². The highest BCUT2D eigenvalue weighted by molar-refractivity contribution is 7.99. The Hall–Kier alpha value is -2.54. The Morgan fingerprint density at radius 3 is 2.23 bits per heavy atom. The summed E-state index contributed by atoms with van der Waals surface area (Å²) in [6.45, 7) is 0. The molecule has 1 aromatic heterocycles. The monoisotopic (exact) mass is 315 g/mol. The molecule has 0 aliphatic carbocycles. The van der Waals surface area contributed by atoms with Gasteiger partial charge in [0.1, 0.15) is 0 Å². The van der Waals surface area contributed by atoms with Gasteiger partial charge in [-0.15, -0.1) is 0 Å². The summed E-state index contributed by atoms with van der Waals surface area (Å²) in [6.07, 6.45) is 0. The van der Waals surface area contributed by atoms with Crippen molar-refractivity contribution in [3.05, 3.63) is 63.1 Å².